The summed E-state index contributed by atoms with van der Waals surface area (Å²) >= 11 is 0. The fourth-order valence-corrected chi connectivity index (χ4v) is 1.27. The summed E-state index contributed by atoms with van der Waals surface area (Å²) in [5.74, 6) is -2.63. The standard InChI is InChI=1S/C10H21F2N/c1-2-3-4-5-6-7-8-10(11,12)9-13/h2-9,13H2,1H3. The average molecular weight is 193 g/mol. The maximum atomic E-state index is 12.6. The molecule has 0 rings (SSSR count). The van der Waals surface area contributed by atoms with E-state index >= 15 is 0 Å². The summed E-state index contributed by atoms with van der Waals surface area (Å²) in [6, 6.07) is 0. The van der Waals surface area contributed by atoms with Crippen LogP contribution in [0.2, 0.25) is 0 Å². The van der Waals surface area contributed by atoms with Crippen LogP contribution in [0.1, 0.15) is 51.9 Å². The average Bonchev–Trinajstić information content (AvgIpc) is 2.11. The molecule has 0 aromatic rings. The molecule has 0 radical (unpaired) electrons. The zero-order valence-electron chi connectivity index (χ0n) is 8.49. The summed E-state index contributed by atoms with van der Waals surface area (Å²) in [6.07, 6.45) is 6.13. The van der Waals surface area contributed by atoms with Gasteiger partial charge in [-0.1, -0.05) is 39.0 Å². The van der Waals surface area contributed by atoms with Gasteiger partial charge in [0, 0.05) is 6.42 Å². The highest BCUT2D eigenvalue weighted by Gasteiger charge is 2.25. The molecule has 13 heavy (non-hydrogen) atoms. The van der Waals surface area contributed by atoms with Crippen LogP contribution in [0, 0.1) is 0 Å². The highest BCUT2D eigenvalue weighted by molar-refractivity contribution is 4.66. The van der Waals surface area contributed by atoms with Crippen molar-refractivity contribution >= 4 is 0 Å². The minimum absolute atomic E-state index is 0.0460. The van der Waals surface area contributed by atoms with Gasteiger partial charge in [0.25, 0.3) is 5.92 Å². The molecular formula is C10H21F2N. The molecule has 0 heterocycles. The van der Waals surface area contributed by atoms with Gasteiger partial charge in [-0.25, -0.2) is 8.78 Å². The zero-order chi connectivity index (χ0) is 10.2. The molecule has 0 amide bonds. The molecule has 1 nitrogen and oxygen atoms in total. The lowest BCUT2D eigenvalue weighted by molar-refractivity contribution is -0.000348. The monoisotopic (exact) mass is 193 g/mol. The van der Waals surface area contributed by atoms with Crippen molar-refractivity contribution in [3.05, 3.63) is 0 Å². The fourth-order valence-electron chi connectivity index (χ4n) is 1.27. The molecular weight excluding hydrogens is 172 g/mol. The van der Waals surface area contributed by atoms with Gasteiger partial charge in [-0.15, -0.1) is 0 Å². The lowest BCUT2D eigenvalue weighted by Gasteiger charge is -2.12. The first-order chi connectivity index (χ1) is 6.12. The van der Waals surface area contributed by atoms with E-state index in [4.69, 9.17) is 5.73 Å². The zero-order valence-corrected chi connectivity index (χ0v) is 8.49. The highest BCUT2D eigenvalue weighted by atomic mass is 19.3. The lowest BCUT2D eigenvalue weighted by atomic mass is 10.1. The van der Waals surface area contributed by atoms with Crippen LogP contribution in [0.3, 0.4) is 0 Å². The second-order valence-corrected chi connectivity index (χ2v) is 3.58. The Hall–Kier alpha value is -0.180. The van der Waals surface area contributed by atoms with Crippen molar-refractivity contribution in [1.82, 2.24) is 0 Å². The SMILES string of the molecule is CCCCCCCCC(F)(F)CN. The summed E-state index contributed by atoms with van der Waals surface area (Å²) in [7, 11) is 0. The molecule has 0 spiro atoms. The van der Waals surface area contributed by atoms with Crippen LogP contribution in [0.25, 0.3) is 0 Å². The van der Waals surface area contributed by atoms with Crippen molar-refractivity contribution in [2.24, 2.45) is 5.73 Å². The number of nitrogens with two attached hydrogens (primary N) is 1. The van der Waals surface area contributed by atoms with Gasteiger partial charge in [0.15, 0.2) is 0 Å². The molecule has 3 heteroatoms. The summed E-state index contributed by atoms with van der Waals surface area (Å²) in [5.41, 5.74) is 4.92. The van der Waals surface area contributed by atoms with Crippen LogP contribution < -0.4 is 5.73 Å². The van der Waals surface area contributed by atoms with E-state index in [1.54, 1.807) is 0 Å². The van der Waals surface area contributed by atoms with E-state index in [1.807, 2.05) is 0 Å². The van der Waals surface area contributed by atoms with E-state index in [9.17, 15) is 8.78 Å². The smallest absolute Gasteiger partial charge is 0.260 e. The van der Waals surface area contributed by atoms with Crippen molar-refractivity contribution in [2.45, 2.75) is 57.8 Å². The number of alkyl halides is 2. The Labute approximate surface area is 79.7 Å². The minimum Gasteiger partial charge on any atom is -0.325 e. The third kappa shape index (κ3) is 8.16. The molecule has 0 aromatic heterocycles. The molecule has 0 aliphatic heterocycles. The molecule has 0 fully saturated rings. The molecule has 0 atom stereocenters. The Morgan fingerprint density at radius 2 is 1.54 bits per heavy atom. The molecule has 0 aromatic carbocycles. The molecule has 0 aliphatic carbocycles. The first-order valence-corrected chi connectivity index (χ1v) is 5.20. The van der Waals surface area contributed by atoms with E-state index in [2.05, 4.69) is 6.92 Å². The van der Waals surface area contributed by atoms with E-state index < -0.39 is 12.5 Å². The molecule has 0 aliphatic rings. The van der Waals surface area contributed by atoms with E-state index in [0.29, 0.717) is 6.42 Å². The second kappa shape index (κ2) is 7.25. The van der Waals surface area contributed by atoms with Gasteiger partial charge < -0.3 is 5.73 Å². The van der Waals surface area contributed by atoms with E-state index in [1.165, 1.54) is 19.3 Å². The topological polar surface area (TPSA) is 26.0 Å². The first kappa shape index (κ1) is 12.8. The second-order valence-electron chi connectivity index (χ2n) is 3.58. The maximum Gasteiger partial charge on any atom is 0.260 e. The van der Waals surface area contributed by atoms with Crippen molar-refractivity contribution < 1.29 is 8.78 Å². The fraction of sp³-hybridized carbons (Fsp3) is 1.00. The van der Waals surface area contributed by atoms with Gasteiger partial charge in [-0.2, -0.15) is 0 Å². The summed E-state index contributed by atoms with van der Waals surface area (Å²) in [4.78, 5) is 0. The molecule has 80 valence electrons. The van der Waals surface area contributed by atoms with Gasteiger partial charge in [0.05, 0.1) is 6.54 Å². The Morgan fingerprint density at radius 3 is 2.08 bits per heavy atom. The predicted molar refractivity (Wildman–Crippen MR) is 52.0 cm³/mol. The normalized spacial score (nSPS) is 12.0. The van der Waals surface area contributed by atoms with Crippen LogP contribution in [0.5, 0.6) is 0 Å². The number of halogens is 2. The Balaban J connectivity index is 3.16. The quantitative estimate of drug-likeness (QED) is 0.588. The maximum absolute atomic E-state index is 12.6. The largest absolute Gasteiger partial charge is 0.325 e. The Morgan fingerprint density at radius 1 is 1.00 bits per heavy atom. The van der Waals surface area contributed by atoms with Crippen molar-refractivity contribution in [1.29, 1.82) is 0 Å². The van der Waals surface area contributed by atoms with Crippen LogP contribution >= 0.6 is 0 Å². The molecule has 0 saturated heterocycles. The van der Waals surface area contributed by atoms with E-state index in [0.717, 1.165) is 12.8 Å². The third-order valence-electron chi connectivity index (χ3n) is 2.19. The number of unbranched alkanes of at least 4 members (excludes halogenated alkanes) is 5. The first-order valence-electron chi connectivity index (χ1n) is 5.20. The van der Waals surface area contributed by atoms with E-state index in [-0.39, 0.29) is 6.42 Å². The van der Waals surface area contributed by atoms with Crippen molar-refractivity contribution in [2.75, 3.05) is 6.54 Å². The van der Waals surface area contributed by atoms with Gasteiger partial charge >= 0.3 is 0 Å². The number of hydrogen-bond acceptors (Lipinski definition) is 1. The van der Waals surface area contributed by atoms with Crippen LogP contribution in [-0.2, 0) is 0 Å². The Bertz CT molecular complexity index is 115. The molecule has 0 unspecified atom stereocenters. The van der Waals surface area contributed by atoms with Crippen LogP contribution in [-0.4, -0.2) is 12.5 Å². The highest BCUT2D eigenvalue weighted by Crippen LogP contribution is 2.20. The molecule has 0 bridgehead atoms. The van der Waals surface area contributed by atoms with Gasteiger partial charge in [0.2, 0.25) is 0 Å². The van der Waals surface area contributed by atoms with Gasteiger partial charge in [-0.3, -0.25) is 0 Å². The van der Waals surface area contributed by atoms with Gasteiger partial charge in [0.1, 0.15) is 0 Å². The van der Waals surface area contributed by atoms with Crippen LogP contribution in [0.15, 0.2) is 0 Å². The van der Waals surface area contributed by atoms with Crippen molar-refractivity contribution in [3.63, 3.8) is 0 Å². The predicted octanol–water partition coefficient (Wildman–Crippen LogP) is 3.33. The number of rotatable bonds is 8. The molecule has 2 N–H and O–H groups in total. The van der Waals surface area contributed by atoms with Gasteiger partial charge in [-0.05, 0) is 6.42 Å². The molecule has 0 saturated carbocycles. The minimum atomic E-state index is -2.63. The number of hydrogen-bond donors (Lipinski definition) is 1. The Kier molecular flexibility index (Phi) is 7.14. The van der Waals surface area contributed by atoms with Crippen molar-refractivity contribution in [3.8, 4) is 0 Å². The van der Waals surface area contributed by atoms with Crippen LogP contribution in [0.4, 0.5) is 8.78 Å². The third-order valence-corrected chi connectivity index (χ3v) is 2.19. The summed E-state index contributed by atoms with van der Waals surface area (Å²) in [6.45, 7) is 1.63. The lowest BCUT2D eigenvalue weighted by Crippen LogP contribution is -2.27. The summed E-state index contributed by atoms with van der Waals surface area (Å²) < 4.78 is 25.2. The summed E-state index contributed by atoms with van der Waals surface area (Å²) in [5, 5.41) is 0.